The first-order valence-corrected chi connectivity index (χ1v) is 57.6. The molecule has 2 heterocycles. The van der Waals surface area contributed by atoms with E-state index in [1.54, 1.807) is 0 Å². The molecule has 0 amide bonds. The predicted molar refractivity (Wildman–Crippen MR) is 558 cm³/mol. The molecule has 0 saturated carbocycles. The fourth-order valence-electron chi connectivity index (χ4n) is 18.9. The average molecular weight is 1780 g/mol. The summed E-state index contributed by atoms with van der Waals surface area (Å²) in [6.07, 6.45) is 122. The smallest absolute Gasteiger partial charge is 0.203 e. The fourth-order valence-corrected chi connectivity index (χ4v) is 18.9. The van der Waals surface area contributed by atoms with Crippen LogP contribution in [0.15, 0.2) is 73.3 Å². The van der Waals surface area contributed by atoms with Crippen molar-refractivity contribution in [1.29, 1.82) is 0 Å². The molecule has 0 saturated heterocycles. The number of rotatable bonds is 101. The van der Waals surface area contributed by atoms with Gasteiger partial charge in [-0.25, -0.2) is 9.13 Å². The molecule has 2 aromatic carbocycles. The van der Waals surface area contributed by atoms with E-state index < -0.39 is 0 Å². The van der Waals surface area contributed by atoms with Gasteiger partial charge in [-0.15, -0.1) is 0 Å². The lowest BCUT2D eigenvalue weighted by molar-refractivity contribution is -0.688. The zero-order chi connectivity index (χ0) is 90.7. The van der Waals surface area contributed by atoms with Gasteiger partial charge in [0.1, 0.15) is 0 Å². The van der Waals surface area contributed by atoms with Crippen molar-refractivity contribution < 1.29 is 37.6 Å². The second kappa shape index (κ2) is 90.4. The third kappa shape index (κ3) is 67.7. The quantitative estimate of drug-likeness (QED) is 0.0324. The summed E-state index contributed by atoms with van der Waals surface area (Å²) in [5.74, 6) is 5.01. The van der Waals surface area contributed by atoms with Gasteiger partial charge in [-0.2, -0.15) is 0 Å². The Balaban J connectivity index is 1.53. The molecule has 2 aromatic heterocycles. The molecule has 4 aromatic rings. The normalized spacial score (nSPS) is 11.6. The molecule has 738 valence electrons. The topological polar surface area (TPSA) is 63.1 Å². The third-order valence-electron chi connectivity index (χ3n) is 27.5. The highest BCUT2D eigenvalue weighted by molar-refractivity contribution is 5.61. The highest BCUT2D eigenvalue weighted by atomic mass is 16.5. The molecule has 0 unspecified atom stereocenters. The van der Waals surface area contributed by atoms with Crippen molar-refractivity contribution in [1.82, 2.24) is 0 Å². The summed E-state index contributed by atoms with van der Waals surface area (Å²) < 4.78 is 46.2. The van der Waals surface area contributed by atoms with Crippen molar-refractivity contribution in [3.63, 3.8) is 0 Å². The van der Waals surface area contributed by atoms with Crippen LogP contribution in [0, 0.1) is 0 Å². The van der Waals surface area contributed by atoms with Crippen LogP contribution in [0.25, 0.3) is 11.1 Å². The molecule has 0 aliphatic heterocycles. The summed E-state index contributed by atoms with van der Waals surface area (Å²) in [6, 6.07) is 18.2. The van der Waals surface area contributed by atoms with Crippen LogP contribution < -0.4 is 37.6 Å². The number of ether oxygens (including phenoxy) is 6. The minimum absolute atomic E-state index is 0.685. The number of hydrogen-bond acceptors (Lipinski definition) is 6. The third-order valence-corrected chi connectivity index (χ3v) is 27.5. The van der Waals surface area contributed by atoms with Gasteiger partial charge in [0.25, 0.3) is 0 Å². The molecular weight excluding hydrogens is 1570 g/mol. The molecular formula is C120H214N2O6+2. The van der Waals surface area contributed by atoms with E-state index in [1.807, 2.05) is 0 Å². The van der Waals surface area contributed by atoms with Gasteiger partial charge in [0, 0.05) is 35.4 Å². The molecule has 8 nitrogen and oxygen atoms in total. The van der Waals surface area contributed by atoms with E-state index in [4.69, 9.17) is 28.4 Å². The number of aromatic nitrogens is 2. The Morgan fingerprint density at radius 1 is 0.156 bits per heavy atom. The lowest BCUT2D eigenvalue weighted by Gasteiger charge is -2.19. The molecule has 0 aliphatic carbocycles. The van der Waals surface area contributed by atoms with Gasteiger partial charge >= 0.3 is 0 Å². The van der Waals surface area contributed by atoms with E-state index in [2.05, 4.69) is 124 Å². The van der Waals surface area contributed by atoms with Crippen molar-refractivity contribution in [2.45, 2.75) is 594 Å². The highest BCUT2D eigenvalue weighted by Gasteiger charge is 2.22. The number of unbranched alkanes of at least 4 members (excludes halogenated alkanes) is 78. The number of pyridine rings is 2. The summed E-state index contributed by atoms with van der Waals surface area (Å²) in [5.41, 5.74) is 4.76. The molecule has 0 aliphatic rings. The average Bonchev–Trinajstić information content (AvgIpc) is 0.818. The van der Waals surface area contributed by atoms with E-state index in [1.165, 1.54) is 523 Å². The van der Waals surface area contributed by atoms with Gasteiger partial charge in [0.15, 0.2) is 60.9 Å². The predicted octanol–water partition coefficient (Wildman–Crippen LogP) is 39.2. The molecule has 0 fully saturated rings. The molecule has 0 radical (unpaired) electrons. The Labute approximate surface area is 796 Å². The Kier molecular flexibility index (Phi) is 81.8. The van der Waals surface area contributed by atoms with Gasteiger partial charge in [0.2, 0.25) is 11.5 Å². The largest absolute Gasteiger partial charge is 0.490 e. The summed E-state index contributed by atoms with van der Waals surface area (Å²) in [5, 5.41) is 0. The lowest BCUT2D eigenvalue weighted by atomic mass is 10.0. The minimum atomic E-state index is 0.685. The summed E-state index contributed by atoms with van der Waals surface area (Å²) in [6.45, 7) is 19.5. The molecule has 0 spiro atoms. The van der Waals surface area contributed by atoms with Crippen LogP contribution in [0.1, 0.15) is 592 Å². The molecule has 4 rings (SSSR count). The van der Waals surface area contributed by atoms with Crippen molar-refractivity contribution in [3.05, 3.63) is 84.4 Å². The Morgan fingerprint density at radius 3 is 0.422 bits per heavy atom. The Bertz CT molecular complexity index is 2640. The summed E-state index contributed by atoms with van der Waals surface area (Å²) >= 11 is 0. The minimum Gasteiger partial charge on any atom is -0.490 e. The number of nitrogens with zero attached hydrogens (tertiary/aromatic N) is 2. The van der Waals surface area contributed by atoms with Crippen LogP contribution in [0.3, 0.4) is 0 Å². The van der Waals surface area contributed by atoms with Crippen LogP contribution in [-0.4, -0.2) is 39.6 Å². The van der Waals surface area contributed by atoms with E-state index in [9.17, 15) is 0 Å². The van der Waals surface area contributed by atoms with Gasteiger partial charge in [-0.05, 0) is 73.9 Å². The van der Waals surface area contributed by atoms with Crippen LogP contribution in [0.4, 0.5) is 0 Å². The van der Waals surface area contributed by atoms with Gasteiger partial charge in [-0.1, -0.05) is 542 Å². The standard InChI is InChI=1S/C120H214N2O6/c1-7-13-19-25-31-37-43-49-55-61-67-73-79-85-99-123-115-105-111(106-116(124-100-86-80-74-68-62-56-50-44-38-32-26-20-14-8-2)119(115)127-103-89-83-77-71-65-59-53-47-41-35-29-23-17-11-5)109-121-95-91-113(92-96-121)114-93-97-122(98-94-114)110-112-107-117(125-101-87-81-75-69-63-57-51-45-39-33-27-21-15-9-3)120(128-104-90-84-78-72-66-60-54-48-42-36-30-24-18-12-6)118(108-112)126-102-88-82-76-70-64-58-52-46-40-34-28-22-16-10-4/h91-98,105-108H,7-90,99-104,109-110H2,1-6H3/q+2. The number of hydrogen-bond donors (Lipinski definition) is 0. The van der Waals surface area contributed by atoms with E-state index in [0.717, 1.165) is 73.0 Å². The number of benzene rings is 2. The fraction of sp³-hybridized carbons (Fsp3) is 0.817. The van der Waals surface area contributed by atoms with Crippen molar-refractivity contribution in [3.8, 4) is 45.6 Å². The monoisotopic (exact) mass is 1780 g/mol. The first kappa shape index (κ1) is 116. The van der Waals surface area contributed by atoms with Crippen LogP contribution in [-0.2, 0) is 13.1 Å². The van der Waals surface area contributed by atoms with Gasteiger partial charge in [0.05, 0.1) is 39.6 Å². The maximum atomic E-state index is 6.92. The van der Waals surface area contributed by atoms with Gasteiger partial charge < -0.3 is 28.4 Å². The second-order valence-electron chi connectivity index (χ2n) is 40.0. The Morgan fingerprint density at radius 2 is 0.281 bits per heavy atom. The van der Waals surface area contributed by atoms with E-state index >= 15 is 0 Å². The Hall–Kier alpha value is -4.46. The van der Waals surface area contributed by atoms with Crippen LogP contribution >= 0.6 is 0 Å². The van der Waals surface area contributed by atoms with Crippen molar-refractivity contribution in [2.75, 3.05) is 39.6 Å². The van der Waals surface area contributed by atoms with E-state index in [-0.39, 0.29) is 0 Å². The summed E-state index contributed by atoms with van der Waals surface area (Å²) in [4.78, 5) is 0. The maximum Gasteiger partial charge on any atom is 0.203 e. The van der Waals surface area contributed by atoms with Crippen molar-refractivity contribution >= 4 is 0 Å². The molecule has 0 bridgehead atoms. The van der Waals surface area contributed by atoms with E-state index in [0.29, 0.717) is 52.7 Å². The van der Waals surface area contributed by atoms with Crippen molar-refractivity contribution in [2.24, 2.45) is 0 Å². The van der Waals surface area contributed by atoms with Gasteiger partial charge in [-0.3, -0.25) is 0 Å². The molecule has 128 heavy (non-hydrogen) atoms. The molecule has 8 heteroatoms. The molecule has 0 atom stereocenters. The maximum absolute atomic E-state index is 6.92. The lowest BCUT2D eigenvalue weighted by Crippen LogP contribution is -2.33. The zero-order valence-corrected chi connectivity index (χ0v) is 86.3. The van der Waals surface area contributed by atoms with Crippen LogP contribution in [0.5, 0.6) is 34.5 Å². The first-order valence-electron chi connectivity index (χ1n) is 57.6. The second-order valence-corrected chi connectivity index (χ2v) is 40.0. The highest BCUT2D eigenvalue weighted by Crippen LogP contribution is 2.42. The summed E-state index contributed by atoms with van der Waals surface area (Å²) in [7, 11) is 0. The zero-order valence-electron chi connectivity index (χ0n) is 86.3. The SMILES string of the molecule is CCCCCCCCCCCCCCCCOc1cc(C[n+]2ccc(-c3cc[n+](Cc4cc(OCCCCCCCCCCCCCCCC)c(OCCCCCCCCCCCCCCCC)c(OCCCCCCCCCCCCCCCC)c4)cc3)cc2)cc(OCCCCCCCCCCCCCCCC)c1OCCCCCCCCCCCCCCCC. The molecule has 0 N–H and O–H groups in total. The van der Waals surface area contributed by atoms with Crippen LogP contribution in [0.2, 0.25) is 0 Å². The first-order chi connectivity index (χ1) is 63.5.